The molecule has 0 saturated heterocycles. The number of hydrogen-bond acceptors (Lipinski definition) is 5. The first-order chi connectivity index (χ1) is 9.54. The zero-order valence-corrected chi connectivity index (χ0v) is 12.4. The summed E-state index contributed by atoms with van der Waals surface area (Å²) in [6.07, 6.45) is -0.735. The molecule has 1 aromatic rings. The first kappa shape index (κ1) is 16.9. The highest BCUT2D eigenvalue weighted by molar-refractivity contribution is 5.35. The Morgan fingerprint density at radius 2 is 1.85 bits per heavy atom. The quantitative estimate of drug-likeness (QED) is 0.718. The molecule has 3 N–H and O–H groups in total. The molecule has 0 bridgehead atoms. The van der Waals surface area contributed by atoms with E-state index >= 15 is 0 Å². The molecule has 5 heteroatoms. The van der Waals surface area contributed by atoms with Crippen molar-refractivity contribution in [1.82, 2.24) is 0 Å². The monoisotopic (exact) mass is 283 g/mol. The molecule has 3 atom stereocenters. The summed E-state index contributed by atoms with van der Waals surface area (Å²) in [5.74, 6) is 0.700. The second-order valence-electron chi connectivity index (χ2n) is 4.89. The van der Waals surface area contributed by atoms with E-state index in [1.807, 2.05) is 38.1 Å². The van der Waals surface area contributed by atoms with E-state index in [4.69, 9.17) is 19.9 Å². The molecule has 0 aliphatic heterocycles. The Bertz CT molecular complexity index is 384. The lowest BCUT2D eigenvalue weighted by atomic mass is 10.1. The first-order valence-corrected chi connectivity index (χ1v) is 6.80. The summed E-state index contributed by atoms with van der Waals surface area (Å²) in [5, 5.41) is 9.84. The van der Waals surface area contributed by atoms with Crippen molar-refractivity contribution < 1.29 is 19.3 Å². The molecule has 20 heavy (non-hydrogen) atoms. The van der Waals surface area contributed by atoms with Gasteiger partial charge in [-0.05, 0) is 19.9 Å². The van der Waals surface area contributed by atoms with Crippen molar-refractivity contribution in [2.24, 2.45) is 5.73 Å². The van der Waals surface area contributed by atoms with Gasteiger partial charge in [-0.1, -0.05) is 18.2 Å². The summed E-state index contributed by atoms with van der Waals surface area (Å²) in [4.78, 5) is 0. The molecular formula is C15H25NO4. The fourth-order valence-corrected chi connectivity index (χ4v) is 1.78. The molecule has 1 aromatic carbocycles. The maximum Gasteiger partial charge on any atom is 0.124 e. The molecule has 1 rings (SSSR count). The molecule has 0 aliphatic rings. The highest BCUT2D eigenvalue weighted by Crippen LogP contribution is 2.23. The van der Waals surface area contributed by atoms with Crippen LogP contribution in [0.2, 0.25) is 0 Å². The number of hydrogen-bond donors (Lipinski definition) is 2. The highest BCUT2D eigenvalue weighted by atomic mass is 16.5. The number of aliphatic hydroxyl groups excluding tert-OH is 1. The summed E-state index contributed by atoms with van der Waals surface area (Å²) < 4.78 is 16.0. The fourth-order valence-electron chi connectivity index (χ4n) is 1.78. The standard InChI is InChI=1S/C15H25NO4/c1-11(8-18-3)19-9-13(17)10-20-15-7-5-4-6-14(15)12(2)16/h4-7,11-13,17H,8-10,16H2,1-3H3. The first-order valence-electron chi connectivity index (χ1n) is 6.80. The molecular weight excluding hydrogens is 258 g/mol. The zero-order chi connectivity index (χ0) is 15.0. The van der Waals surface area contributed by atoms with Crippen LogP contribution in [0.5, 0.6) is 5.75 Å². The molecule has 0 fully saturated rings. The predicted octanol–water partition coefficient (Wildman–Crippen LogP) is 1.50. The Balaban J connectivity index is 2.39. The lowest BCUT2D eigenvalue weighted by Gasteiger charge is -2.18. The van der Waals surface area contributed by atoms with Crippen molar-refractivity contribution in [2.75, 3.05) is 26.9 Å². The average molecular weight is 283 g/mol. The van der Waals surface area contributed by atoms with Crippen LogP contribution in [-0.2, 0) is 9.47 Å². The topological polar surface area (TPSA) is 73.9 Å². The Kier molecular flexibility index (Phi) is 7.54. The largest absolute Gasteiger partial charge is 0.490 e. The third kappa shape index (κ3) is 5.88. The van der Waals surface area contributed by atoms with Crippen LogP contribution in [0, 0.1) is 0 Å². The van der Waals surface area contributed by atoms with Crippen LogP contribution in [0.3, 0.4) is 0 Å². The van der Waals surface area contributed by atoms with Gasteiger partial charge in [-0.15, -0.1) is 0 Å². The van der Waals surface area contributed by atoms with Crippen LogP contribution < -0.4 is 10.5 Å². The number of ether oxygens (including phenoxy) is 3. The fraction of sp³-hybridized carbons (Fsp3) is 0.600. The lowest BCUT2D eigenvalue weighted by Crippen LogP contribution is -2.27. The number of benzene rings is 1. The molecule has 3 unspecified atom stereocenters. The van der Waals surface area contributed by atoms with Gasteiger partial charge < -0.3 is 25.1 Å². The molecule has 5 nitrogen and oxygen atoms in total. The van der Waals surface area contributed by atoms with Gasteiger partial charge in [0.2, 0.25) is 0 Å². The second kappa shape index (κ2) is 8.92. The summed E-state index contributed by atoms with van der Waals surface area (Å²) in [6, 6.07) is 7.45. The van der Waals surface area contributed by atoms with Crippen LogP contribution >= 0.6 is 0 Å². The average Bonchev–Trinajstić information content (AvgIpc) is 2.43. The van der Waals surface area contributed by atoms with Gasteiger partial charge >= 0.3 is 0 Å². The number of methoxy groups -OCH3 is 1. The third-order valence-electron chi connectivity index (χ3n) is 2.82. The van der Waals surface area contributed by atoms with E-state index in [-0.39, 0.29) is 25.4 Å². The van der Waals surface area contributed by atoms with Crippen molar-refractivity contribution in [2.45, 2.75) is 32.1 Å². The Labute approximate surface area is 120 Å². The van der Waals surface area contributed by atoms with Gasteiger partial charge in [-0.25, -0.2) is 0 Å². The van der Waals surface area contributed by atoms with Gasteiger partial charge in [0.05, 0.1) is 19.3 Å². The van der Waals surface area contributed by atoms with E-state index in [1.54, 1.807) is 7.11 Å². The molecule has 0 aromatic heterocycles. The molecule has 0 amide bonds. The number of para-hydroxylation sites is 1. The summed E-state index contributed by atoms with van der Waals surface area (Å²) in [5.41, 5.74) is 6.80. The maximum absolute atomic E-state index is 9.84. The molecule has 0 saturated carbocycles. The molecule has 0 spiro atoms. The van der Waals surface area contributed by atoms with Gasteiger partial charge in [0.1, 0.15) is 18.5 Å². The van der Waals surface area contributed by atoms with Crippen LogP contribution in [0.1, 0.15) is 25.5 Å². The Morgan fingerprint density at radius 3 is 2.50 bits per heavy atom. The minimum Gasteiger partial charge on any atom is -0.490 e. The molecule has 114 valence electrons. The highest BCUT2D eigenvalue weighted by Gasteiger charge is 2.11. The number of nitrogens with two attached hydrogens (primary N) is 1. The predicted molar refractivity (Wildman–Crippen MR) is 77.8 cm³/mol. The molecule has 0 heterocycles. The summed E-state index contributed by atoms with van der Waals surface area (Å²) in [7, 11) is 1.62. The van der Waals surface area contributed by atoms with Crippen LogP contribution in [0.25, 0.3) is 0 Å². The van der Waals surface area contributed by atoms with Gasteiger partial charge in [-0.2, -0.15) is 0 Å². The SMILES string of the molecule is COCC(C)OCC(O)COc1ccccc1C(C)N. The van der Waals surface area contributed by atoms with Crippen molar-refractivity contribution in [3.63, 3.8) is 0 Å². The number of aliphatic hydroxyl groups is 1. The molecule has 0 aliphatic carbocycles. The van der Waals surface area contributed by atoms with E-state index in [2.05, 4.69) is 0 Å². The van der Waals surface area contributed by atoms with E-state index in [9.17, 15) is 5.11 Å². The normalized spacial score (nSPS) is 15.7. The van der Waals surface area contributed by atoms with Gasteiger partial charge in [-0.3, -0.25) is 0 Å². The third-order valence-corrected chi connectivity index (χ3v) is 2.82. The minimum absolute atomic E-state index is 0.0500. The maximum atomic E-state index is 9.84. The van der Waals surface area contributed by atoms with Crippen molar-refractivity contribution in [3.8, 4) is 5.75 Å². The van der Waals surface area contributed by atoms with E-state index < -0.39 is 6.10 Å². The second-order valence-corrected chi connectivity index (χ2v) is 4.89. The van der Waals surface area contributed by atoms with Crippen molar-refractivity contribution >= 4 is 0 Å². The lowest BCUT2D eigenvalue weighted by molar-refractivity contribution is -0.0423. The number of rotatable bonds is 9. The van der Waals surface area contributed by atoms with Gasteiger partial charge in [0.25, 0.3) is 0 Å². The van der Waals surface area contributed by atoms with Gasteiger partial charge in [0.15, 0.2) is 0 Å². The van der Waals surface area contributed by atoms with Crippen LogP contribution in [0.15, 0.2) is 24.3 Å². The van der Waals surface area contributed by atoms with E-state index in [0.717, 1.165) is 5.56 Å². The Morgan fingerprint density at radius 1 is 1.15 bits per heavy atom. The smallest absolute Gasteiger partial charge is 0.124 e. The van der Waals surface area contributed by atoms with E-state index in [1.165, 1.54) is 0 Å². The Hall–Kier alpha value is -1.14. The molecule has 0 radical (unpaired) electrons. The van der Waals surface area contributed by atoms with Crippen molar-refractivity contribution in [3.05, 3.63) is 29.8 Å². The summed E-state index contributed by atoms with van der Waals surface area (Å²) in [6.45, 7) is 4.67. The van der Waals surface area contributed by atoms with Crippen LogP contribution in [-0.4, -0.2) is 44.2 Å². The summed E-state index contributed by atoms with van der Waals surface area (Å²) >= 11 is 0. The van der Waals surface area contributed by atoms with Crippen LogP contribution in [0.4, 0.5) is 0 Å². The zero-order valence-electron chi connectivity index (χ0n) is 12.4. The van der Waals surface area contributed by atoms with E-state index in [0.29, 0.717) is 12.4 Å². The minimum atomic E-state index is -0.685. The van der Waals surface area contributed by atoms with Gasteiger partial charge in [0, 0.05) is 18.7 Å². The van der Waals surface area contributed by atoms with Crippen molar-refractivity contribution in [1.29, 1.82) is 0 Å².